The van der Waals surface area contributed by atoms with Crippen LogP contribution < -0.4 is 11.1 Å². The first-order valence-corrected chi connectivity index (χ1v) is 6.87. The highest BCUT2D eigenvalue weighted by molar-refractivity contribution is 9.10. The topological polar surface area (TPSA) is 38.0 Å². The maximum absolute atomic E-state index is 13.0. The van der Waals surface area contributed by atoms with Gasteiger partial charge in [0.15, 0.2) is 0 Å². The van der Waals surface area contributed by atoms with E-state index in [0.29, 0.717) is 26.4 Å². The maximum atomic E-state index is 13.0. The summed E-state index contributed by atoms with van der Waals surface area (Å²) in [4.78, 5) is 0.239. The Hall–Kier alpha value is -1.17. The molecule has 0 aliphatic rings. The molecule has 0 aliphatic carbocycles. The molecule has 6 heteroatoms. The first-order chi connectivity index (χ1) is 8.97. The molecule has 0 aliphatic heterocycles. The minimum atomic E-state index is -0.317. The predicted octanol–water partition coefficient (Wildman–Crippen LogP) is 4.62. The molecule has 0 bridgehead atoms. The summed E-state index contributed by atoms with van der Waals surface area (Å²) >= 11 is 14.2. The second kappa shape index (κ2) is 5.86. The molecule has 2 nitrogen and oxygen atoms in total. The SMILES string of the molecule is NC(=S)c1cc(Cl)ccc1Nc1ccc(F)cc1Br. The van der Waals surface area contributed by atoms with Gasteiger partial charge >= 0.3 is 0 Å². The molecule has 2 aromatic carbocycles. The molecule has 0 amide bonds. The summed E-state index contributed by atoms with van der Waals surface area (Å²) in [5.74, 6) is -0.317. The monoisotopic (exact) mass is 358 g/mol. The van der Waals surface area contributed by atoms with Gasteiger partial charge in [0.05, 0.1) is 5.69 Å². The van der Waals surface area contributed by atoms with E-state index >= 15 is 0 Å². The number of rotatable bonds is 3. The van der Waals surface area contributed by atoms with Gasteiger partial charge < -0.3 is 11.1 Å². The summed E-state index contributed by atoms with van der Waals surface area (Å²) in [7, 11) is 0. The third kappa shape index (κ3) is 3.43. The van der Waals surface area contributed by atoms with E-state index in [-0.39, 0.29) is 10.8 Å². The highest BCUT2D eigenvalue weighted by Gasteiger charge is 2.08. The van der Waals surface area contributed by atoms with Crippen molar-refractivity contribution >= 4 is 56.1 Å². The van der Waals surface area contributed by atoms with E-state index in [9.17, 15) is 4.39 Å². The number of halogens is 3. The Kier molecular flexibility index (Phi) is 4.39. The van der Waals surface area contributed by atoms with Crippen molar-refractivity contribution in [2.24, 2.45) is 5.73 Å². The van der Waals surface area contributed by atoms with Crippen LogP contribution in [0.15, 0.2) is 40.9 Å². The molecule has 0 atom stereocenters. The molecule has 0 radical (unpaired) electrons. The standard InChI is InChI=1S/C13H9BrClFN2S/c14-10-6-8(16)2-4-12(10)18-11-3-1-7(15)5-9(11)13(17)19/h1-6,18H,(H2,17,19). The van der Waals surface area contributed by atoms with Crippen LogP contribution in [0, 0.1) is 5.82 Å². The maximum Gasteiger partial charge on any atom is 0.124 e. The van der Waals surface area contributed by atoms with Crippen LogP contribution in [-0.4, -0.2) is 4.99 Å². The number of thiocarbonyl (C=S) groups is 1. The van der Waals surface area contributed by atoms with Crippen molar-refractivity contribution in [1.29, 1.82) is 0 Å². The van der Waals surface area contributed by atoms with Gasteiger partial charge in [-0.15, -0.1) is 0 Å². The molecule has 3 N–H and O–H groups in total. The Morgan fingerprint density at radius 3 is 2.53 bits per heavy atom. The van der Waals surface area contributed by atoms with Gasteiger partial charge in [0.1, 0.15) is 10.8 Å². The molecule has 0 heterocycles. The molecule has 0 aromatic heterocycles. The van der Waals surface area contributed by atoms with E-state index in [2.05, 4.69) is 21.2 Å². The number of nitrogens with two attached hydrogens (primary N) is 1. The Morgan fingerprint density at radius 1 is 1.21 bits per heavy atom. The van der Waals surface area contributed by atoms with Crippen molar-refractivity contribution in [2.75, 3.05) is 5.32 Å². The average molecular weight is 360 g/mol. The van der Waals surface area contributed by atoms with Gasteiger partial charge in [0.25, 0.3) is 0 Å². The third-order valence-corrected chi connectivity index (χ3v) is 3.56. The zero-order valence-electron chi connectivity index (χ0n) is 9.58. The number of hydrogen-bond donors (Lipinski definition) is 2. The lowest BCUT2D eigenvalue weighted by molar-refractivity contribution is 0.627. The van der Waals surface area contributed by atoms with Gasteiger partial charge in [-0.1, -0.05) is 23.8 Å². The minimum absolute atomic E-state index is 0.239. The number of anilines is 2. The summed E-state index contributed by atoms with van der Waals surface area (Å²) in [5, 5.41) is 3.68. The smallest absolute Gasteiger partial charge is 0.124 e. The number of benzene rings is 2. The van der Waals surface area contributed by atoms with Crippen molar-refractivity contribution in [2.45, 2.75) is 0 Å². The largest absolute Gasteiger partial charge is 0.389 e. The Bertz CT molecular complexity index is 649. The molecule has 0 spiro atoms. The van der Waals surface area contributed by atoms with Crippen LogP contribution in [0.5, 0.6) is 0 Å². The van der Waals surface area contributed by atoms with E-state index in [1.807, 2.05) is 0 Å². The van der Waals surface area contributed by atoms with Crippen molar-refractivity contribution in [3.63, 3.8) is 0 Å². The first kappa shape index (κ1) is 14.2. The van der Waals surface area contributed by atoms with Crippen LogP contribution in [0.25, 0.3) is 0 Å². The molecule has 2 rings (SSSR count). The fourth-order valence-corrected chi connectivity index (χ4v) is 2.36. The molecule has 2 aromatic rings. The quantitative estimate of drug-likeness (QED) is 0.785. The fraction of sp³-hybridized carbons (Fsp3) is 0. The van der Waals surface area contributed by atoms with Crippen molar-refractivity contribution in [3.05, 3.63) is 57.3 Å². The van der Waals surface area contributed by atoms with Crippen LogP contribution in [-0.2, 0) is 0 Å². The lowest BCUT2D eigenvalue weighted by Crippen LogP contribution is -2.12. The second-order valence-electron chi connectivity index (χ2n) is 3.80. The third-order valence-electron chi connectivity index (χ3n) is 2.45. The summed E-state index contributed by atoms with van der Waals surface area (Å²) in [5.41, 5.74) is 7.72. The summed E-state index contributed by atoms with van der Waals surface area (Å²) in [6, 6.07) is 9.54. The van der Waals surface area contributed by atoms with E-state index < -0.39 is 0 Å². The van der Waals surface area contributed by atoms with Crippen LogP contribution in [0.1, 0.15) is 5.56 Å². The lowest BCUT2D eigenvalue weighted by atomic mass is 10.1. The molecule has 0 fully saturated rings. The highest BCUT2D eigenvalue weighted by Crippen LogP contribution is 2.29. The normalized spacial score (nSPS) is 10.3. The fourth-order valence-electron chi connectivity index (χ4n) is 1.57. The average Bonchev–Trinajstić information content (AvgIpc) is 2.34. The minimum Gasteiger partial charge on any atom is -0.389 e. The van der Waals surface area contributed by atoms with Crippen LogP contribution in [0.2, 0.25) is 5.02 Å². The van der Waals surface area contributed by atoms with E-state index in [1.54, 1.807) is 24.3 Å². The second-order valence-corrected chi connectivity index (χ2v) is 5.53. The molecule has 0 unspecified atom stereocenters. The van der Waals surface area contributed by atoms with Gasteiger partial charge in [-0.25, -0.2) is 4.39 Å². The molecule has 98 valence electrons. The van der Waals surface area contributed by atoms with Crippen LogP contribution in [0.4, 0.5) is 15.8 Å². The lowest BCUT2D eigenvalue weighted by Gasteiger charge is -2.13. The van der Waals surface area contributed by atoms with Crippen molar-refractivity contribution < 1.29 is 4.39 Å². The molecule has 0 saturated carbocycles. The van der Waals surface area contributed by atoms with E-state index in [0.717, 1.165) is 0 Å². The Labute approximate surface area is 128 Å². The van der Waals surface area contributed by atoms with E-state index in [1.165, 1.54) is 12.1 Å². The Morgan fingerprint density at radius 2 is 1.89 bits per heavy atom. The first-order valence-electron chi connectivity index (χ1n) is 5.29. The summed E-state index contributed by atoms with van der Waals surface area (Å²) in [6.45, 7) is 0. The van der Waals surface area contributed by atoms with Crippen LogP contribution >= 0.6 is 39.7 Å². The van der Waals surface area contributed by atoms with Gasteiger partial charge in [-0.2, -0.15) is 0 Å². The molecular formula is C13H9BrClFN2S. The molecular weight excluding hydrogens is 351 g/mol. The Balaban J connectivity index is 2.40. The van der Waals surface area contributed by atoms with Gasteiger partial charge in [-0.05, 0) is 52.3 Å². The summed E-state index contributed by atoms with van der Waals surface area (Å²) < 4.78 is 13.6. The molecule has 19 heavy (non-hydrogen) atoms. The summed E-state index contributed by atoms with van der Waals surface area (Å²) in [6.07, 6.45) is 0. The zero-order chi connectivity index (χ0) is 14.0. The zero-order valence-corrected chi connectivity index (χ0v) is 12.7. The van der Waals surface area contributed by atoms with Crippen LogP contribution in [0.3, 0.4) is 0 Å². The predicted molar refractivity (Wildman–Crippen MR) is 84.7 cm³/mol. The van der Waals surface area contributed by atoms with Gasteiger partial charge in [-0.3, -0.25) is 0 Å². The van der Waals surface area contributed by atoms with Gasteiger partial charge in [0, 0.05) is 20.7 Å². The number of hydrogen-bond acceptors (Lipinski definition) is 2. The molecule has 0 saturated heterocycles. The van der Waals surface area contributed by atoms with Gasteiger partial charge in [0.2, 0.25) is 0 Å². The van der Waals surface area contributed by atoms with Crippen molar-refractivity contribution in [3.8, 4) is 0 Å². The highest BCUT2D eigenvalue weighted by atomic mass is 79.9. The van der Waals surface area contributed by atoms with E-state index in [4.69, 9.17) is 29.6 Å². The van der Waals surface area contributed by atoms with Crippen molar-refractivity contribution in [1.82, 2.24) is 0 Å². The number of nitrogens with one attached hydrogen (secondary N) is 1.